The average Bonchev–Trinajstić information content (AvgIpc) is 3.18. The fraction of sp³-hybridized carbons (Fsp3) is 0.200. The van der Waals surface area contributed by atoms with Gasteiger partial charge in [-0.05, 0) is 49.7 Å². The van der Waals surface area contributed by atoms with E-state index in [1.807, 2.05) is 27.1 Å². The van der Waals surface area contributed by atoms with E-state index in [0.29, 0.717) is 0 Å². The molecule has 0 unspecified atom stereocenters. The van der Waals surface area contributed by atoms with Gasteiger partial charge in [-0.1, -0.05) is 6.07 Å². The van der Waals surface area contributed by atoms with Gasteiger partial charge in [0.1, 0.15) is 11.3 Å². The normalized spacial score (nSPS) is 11.1. The van der Waals surface area contributed by atoms with Gasteiger partial charge in [-0.25, -0.2) is 9.97 Å². The molecule has 0 aliphatic rings. The Balaban J connectivity index is 1.64. The van der Waals surface area contributed by atoms with E-state index < -0.39 is 0 Å². The van der Waals surface area contributed by atoms with Crippen LogP contribution in [0.5, 0.6) is 0 Å². The lowest BCUT2D eigenvalue weighted by Crippen LogP contribution is -2.08. The summed E-state index contributed by atoms with van der Waals surface area (Å²) >= 11 is 1.60. The molecule has 0 aliphatic carbocycles. The molecule has 4 rings (SSSR count). The standard InChI is InChI=1S/C20H21N5S/c1-13-5-10-18-21-14(2)19(25(18)11-13)17-12-26-20(23-17)22-15-6-8-16(9-7-15)24(3)4/h5-12H,1-4H3,(H,22,23). The third kappa shape index (κ3) is 3.04. The summed E-state index contributed by atoms with van der Waals surface area (Å²) in [6, 6.07) is 12.4. The molecule has 0 spiro atoms. The minimum Gasteiger partial charge on any atom is -0.378 e. The van der Waals surface area contributed by atoms with Crippen molar-refractivity contribution in [1.82, 2.24) is 14.4 Å². The maximum Gasteiger partial charge on any atom is 0.187 e. The molecule has 26 heavy (non-hydrogen) atoms. The number of pyridine rings is 1. The summed E-state index contributed by atoms with van der Waals surface area (Å²) < 4.78 is 2.12. The number of anilines is 3. The summed E-state index contributed by atoms with van der Waals surface area (Å²) in [6.07, 6.45) is 2.11. The van der Waals surface area contributed by atoms with E-state index >= 15 is 0 Å². The number of nitrogens with zero attached hydrogens (tertiary/aromatic N) is 4. The number of nitrogens with one attached hydrogen (secondary N) is 1. The molecular formula is C20H21N5S. The predicted octanol–water partition coefficient (Wildman–Crippen LogP) is 4.88. The summed E-state index contributed by atoms with van der Waals surface area (Å²) in [7, 11) is 4.07. The van der Waals surface area contributed by atoms with Crippen LogP contribution in [-0.2, 0) is 0 Å². The number of aromatic nitrogens is 3. The van der Waals surface area contributed by atoms with Crippen molar-refractivity contribution in [2.45, 2.75) is 13.8 Å². The highest BCUT2D eigenvalue weighted by molar-refractivity contribution is 7.14. The van der Waals surface area contributed by atoms with E-state index in [0.717, 1.165) is 33.5 Å². The van der Waals surface area contributed by atoms with Crippen LogP contribution in [0.1, 0.15) is 11.3 Å². The predicted molar refractivity (Wildman–Crippen MR) is 110 cm³/mol. The van der Waals surface area contributed by atoms with E-state index in [-0.39, 0.29) is 0 Å². The topological polar surface area (TPSA) is 45.5 Å². The Bertz CT molecular complexity index is 1060. The number of hydrogen-bond donors (Lipinski definition) is 1. The molecule has 0 amide bonds. The van der Waals surface area contributed by atoms with Crippen LogP contribution in [0.2, 0.25) is 0 Å². The maximum absolute atomic E-state index is 4.78. The van der Waals surface area contributed by atoms with Gasteiger partial charge in [0.25, 0.3) is 0 Å². The smallest absolute Gasteiger partial charge is 0.187 e. The number of rotatable bonds is 4. The number of benzene rings is 1. The zero-order chi connectivity index (χ0) is 18.3. The molecular weight excluding hydrogens is 342 g/mol. The van der Waals surface area contributed by atoms with Gasteiger partial charge in [0.15, 0.2) is 5.13 Å². The van der Waals surface area contributed by atoms with Crippen LogP contribution in [0.15, 0.2) is 48.0 Å². The lowest BCUT2D eigenvalue weighted by Gasteiger charge is -2.12. The quantitative estimate of drug-likeness (QED) is 0.561. The molecule has 0 saturated carbocycles. The van der Waals surface area contributed by atoms with E-state index in [1.165, 1.54) is 11.3 Å². The molecule has 5 nitrogen and oxygen atoms in total. The van der Waals surface area contributed by atoms with Crippen molar-refractivity contribution in [3.8, 4) is 11.4 Å². The first-order valence-corrected chi connectivity index (χ1v) is 9.35. The Kier molecular flexibility index (Phi) is 4.12. The molecule has 3 heterocycles. The second kappa shape index (κ2) is 6.46. The van der Waals surface area contributed by atoms with Crippen molar-refractivity contribution in [2.24, 2.45) is 0 Å². The van der Waals surface area contributed by atoms with Gasteiger partial charge in [-0.15, -0.1) is 11.3 Å². The van der Waals surface area contributed by atoms with Gasteiger partial charge in [-0.2, -0.15) is 0 Å². The molecule has 1 N–H and O–H groups in total. The molecule has 1 aromatic carbocycles. The first-order chi connectivity index (χ1) is 12.5. The van der Waals surface area contributed by atoms with Gasteiger partial charge < -0.3 is 10.2 Å². The van der Waals surface area contributed by atoms with Crippen molar-refractivity contribution < 1.29 is 0 Å². The number of imidazole rings is 1. The second-order valence-electron chi connectivity index (χ2n) is 6.58. The summed E-state index contributed by atoms with van der Waals surface area (Å²) in [5.41, 5.74) is 7.33. The number of aryl methyl sites for hydroxylation is 2. The summed E-state index contributed by atoms with van der Waals surface area (Å²) in [5, 5.41) is 6.34. The van der Waals surface area contributed by atoms with Crippen molar-refractivity contribution in [3.05, 3.63) is 59.2 Å². The van der Waals surface area contributed by atoms with E-state index in [9.17, 15) is 0 Å². The second-order valence-corrected chi connectivity index (χ2v) is 7.44. The number of thiazole rings is 1. The lowest BCUT2D eigenvalue weighted by atomic mass is 10.2. The van der Waals surface area contributed by atoms with Crippen LogP contribution >= 0.6 is 11.3 Å². The van der Waals surface area contributed by atoms with Gasteiger partial charge in [0, 0.05) is 37.0 Å². The van der Waals surface area contributed by atoms with Crippen LogP contribution in [0.4, 0.5) is 16.5 Å². The Hall–Kier alpha value is -2.86. The van der Waals surface area contributed by atoms with Crippen molar-refractivity contribution in [3.63, 3.8) is 0 Å². The van der Waals surface area contributed by atoms with Crippen LogP contribution < -0.4 is 10.2 Å². The highest BCUT2D eigenvalue weighted by atomic mass is 32.1. The zero-order valence-corrected chi connectivity index (χ0v) is 16.1. The first kappa shape index (κ1) is 16.6. The van der Waals surface area contributed by atoms with Gasteiger partial charge >= 0.3 is 0 Å². The van der Waals surface area contributed by atoms with Crippen LogP contribution in [0, 0.1) is 13.8 Å². The minimum absolute atomic E-state index is 0.875. The molecule has 0 fully saturated rings. The third-order valence-electron chi connectivity index (χ3n) is 4.32. The third-order valence-corrected chi connectivity index (χ3v) is 5.08. The summed E-state index contributed by atoms with van der Waals surface area (Å²) in [6.45, 7) is 4.12. The van der Waals surface area contributed by atoms with Crippen molar-refractivity contribution >= 4 is 33.5 Å². The molecule has 0 saturated heterocycles. The molecule has 0 atom stereocenters. The molecule has 4 aromatic rings. The monoisotopic (exact) mass is 363 g/mol. The average molecular weight is 363 g/mol. The zero-order valence-electron chi connectivity index (χ0n) is 15.3. The SMILES string of the molecule is Cc1ccc2nc(C)c(-c3csc(Nc4ccc(N(C)C)cc4)n3)n2c1. The number of fused-ring (bicyclic) bond motifs is 1. The van der Waals surface area contributed by atoms with Gasteiger partial charge in [0.05, 0.1) is 11.4 Å². The Labute approximate surface area is 157 Å². The van der Waals surface area contributed by atoms with E-state index in [1.54, 1.807) is 11.3 Å². The van der Waals surface area contributed by atoms with Crippen molar-refractivity contribution in [2.75, 3.05) is 24.3 Å². The number of hydrogen-bond acceptors (Lipinski definition) is 5. The van der Waals surface area contributed by atoms with Gasteiger partial charge in [0.2, 0.25) is 0 Å². The molecule has 132 valence electrons. The fourth-order valence-corrected chi connectivity index (χ4v) is 3.70. The minimum atomic E-state index is 0.875. The van der Waals surface area contributed by atoms with Crippen LogP contribution in [0.25, 0.3) is 17.0 Å². The molecule has 0 bridgehead atoms. The fourth-order valence-electron chi connectivity index (χ4n) is 2.98. The molecule has 0 aliphatic heterocycles. The Morgan fingerprint density at radius 1 is 1.00 bits per heavy atom. The van der Waals surface area contributed by atoms with E-state index in [2.05, 4.69) is 68.4 Å². The Morgan fingerprint density at radius 2 is 1.77 bits per heavy atom. The molecule has 3 aromatic heterocycles. The van der Waals surface area contributed by atoms with Crippen molar-refractivity contribution in [1.29, 1.82) is 0 Å². The molecule has 6 heteroatoms. The first-order valence-electron chi connectivity index (χ1n) is 8.47. The Morgan fingerprint density at radius 3 is 2.50 bits per heavy atom. The maximum atomic E-state index is 4.78. The van der Waals surface area contributed by atoms with Crippen LogP contribution in [0.3, 0.4) is 0 Å². The highest BCUT2D eigenvalue weighted by Crippen LogP contribution is 2.30. The summed E-state index contributed by atoms with van der Waals surface area (Å²) in [5.74, 6) is 0. The van der Waals surface area contributed by atoms with E-state index in [4.69, 9.17) is 4.98 Å². The van der Waals surface area contributed by atoms with Gasteiger partial charge in [-0.3, -0.25) is 4.40 Å². The summed E-state index contributed by atoms with van der Waals surface area (Å²) in [4.78, 5) is 11.5. The highest BCUT2D eigenvalue weighted by Gasteiger charge is 2.14. The van der Waals surface area contributed by atoms with Crippen LogP contribution in [-0.4, -0.2) is 28.5 Å². The largest absolute Gasteiger partial charge is 0.378 e. The lowest BCUT2D eigenvalue weighted by molar-refractivity contribution is 1.13. The molecule has 0 radical (unpaired) electrons.